The molecule has 0 bridgehead atoms. The minimum atomic E-state index is -0.603. The van der Waals surface area contributed by atoms with Crippen LogP contribution < -0.4 is 10.1 Å². The number of carbonyl (C=O) groups is 1. The Balaban J connectivity index is 2.67. The van der Waals surface area contributed by atoms with Crippen molar-refractivity contribution in [3.8, 4) is 5.75 Å². The van der Waals surface area contributed by atoms with Gasteiger partial charge in [0, 0.05) is 17.1 Å². The molecule has 1 amide bonds. The van der Waals surface area contributed by atoms with Crippen LogP contribution in [0.2, 0.25) is 5.02 Å². The summed E-state index contributed by atoms with van der Waals surface area (Å²) < 4.78 is 5.15. The highest BCUT2D eigenvalue weighted by Crippen LogP contribution is 2.29. The second-order valence-electron chi connectivity index (χ2n) is 4.03. The molecule has 1 N–H and O–H groups in total. The Morgan fingerprint density at radius 1 is 1.58 bits per heavy atom. The predicted octanol–water partition coefficient (Wildman–Crippen LogP) is 2.54. The lowest BCUT2D eigenvalue weighted by Crippen LogP contribution is -2.35. The molecule has 1 rings (SSSR count). The largest absolute Gasteiger partial charge is 0.477 e. The molecule has 1 atom stereocenters. The van der Waals surface area contributed by atoms with Gasteiger partial charge in [-0.05, 0) is 25.5 Å². The van der Waals surface area contributed by atoms with Crippen molar-refractivity contribution in [2.75, 3.05) is 6.61 Å². The van der Waals surface area contributed by atoms with E-state index < -0.39 is 4.92 Å². The maximum absolute atomic E-state index is 11.5. The van der Waals surface area contributed by atoms with Crippen LogP contribution in [0.1, 0.15) is 20.3 Å². The quantitative estimate of drug-likeness (QED) is 0.643. The average molecular weight is 287 g/mol. The smallest absolute Gasteiger partial charge is 0.312 e. The molecule has 0 heterocycles. The topological polar surface area (TPSA) is 81.5 Å². The SMILES string of the molecule is CC[C@H](C)NC(=O)COc1ccc(Cl)cc1[N+](=O)[O-]. The molecular weight excluding hydrogens is 272 g/mol. The molecular formula is C12H15ClN2O4. The first-order chi connectivity index (χ1) is 8.93. The minimum Gasteiger partial charge on any atom is -0.477 e. The van der Waals surface area contributed by atoms with E-state index in [0.29, 0.717) is 0 Å². The first kappa shape index (κ1) is 15.2. The van der Waals surface area contributed by atoms with Gasteiger partial charge in [0.1, 0.15) is 0 Å². The molecule has 6 nitrogen and oxygen atoms in total. The Bertz CT molecular complexity index is 479. The van der Waals surface area contributed by atoms with E-state index in [1.165, 1.54) is 18.2 Å². The van der Waals surface area contributed by atoms with Crippen molar-refractivity contribution in [2.24, 2.45) is 0 Å². The fourth-order valence-electron chi connectivity index (χ4n) is 1.32. The highest BCUT2D eigenvalue weighted by Gasteiger charge is 2.17. The van der Waals surface area contributed by atoms with Crippen molar-refractivity contribution in [1.29, 1.82) is 0 Å². The van der Waals surface area contributed by atoms with Gasteiger partial charge >= 0.3 is 5.69 Å². The van der Waals surface area contributed by atoms with Crippen LogP contribution >= 0.6 is 11.6 Å². The monoisotopic (exact) mass is 286 g/mol. The van der Waals surface area contributed by atoms with Gasteiger partial charge in [0.15, 0.2) is 12.4 Å². The van der Waals surface area contributed by atoms with E-state index in [4.69, 9.17) is 16.3 Å². The first-order valence-corrected chi connectivity index (χ1v) is 6.18. The lowest BCUT2D eigenvalue weighted by atomic mass is 10.2. The van der Waals surface area contributed by atoms with E-state index in [1.807, 2.05) is 13.8 Å². The molecule has 0 spiro atoms. The van der Waals surface area contributed by atoms with Crippen molar-refractivity contribution in [1.82, 2.24) is 5.32 Å². The molecule has 0 fully saturated rings. The Morgan fingerprint density at radius 3 is 2.84 bits per heavy atom. The molecule has 104 valence electrons. The van der Waals surface area contributed by atoms with Gasteiger partial charge < -0.3 is 10.1 Å². The van der Waals surface area contributed by atoms with Gasteiger partial charge in [-0.3, -0.25) is 14.9 Å². The summed E-state index contributed by atoms with van der Waals surface area (Å²) in [7, 11) is 0. The second kappa shape index (κ2) is 6.94. The third-order valence-corrected chi connectivity index (χ3v) is 2.73. The number of nitrogens with zero attached hydrogens (tertiary/aromatic N) is 1. The van der Waals surface area contributed by atoms with Crippen LogP contribution in [0.4, 0.5) is 5.69 Å². The van der Waals surface area contributed by atoms with Gasteiger partial charge in [-0.15, -0.1) is 0 Å². The van der Waals surface area contributed by atoms with Crippen LogP contribution in [0.15, 0.2) is 18.2 Å². The van der Waals surface area contributed by atoms with Gasteiger partial charge in [-0.2, -0.15) is 0 Å². The molecule has 0 aliphatic carbocycles. The van der Waals surface area contributed by atoms with Crippen molar-refractivity contribution < 1.29 is 14.5 Å². The fourth-order valence-corrected chi connectivity index (χ4v) is 1.48. The summed E-state index contributed by atoms with van der Waals surface area (Å²) >= 11 is 5.67. The summed E-state index contributed by atoms with van der Waals surface area (Å²) in [6.45, 7) is 3.53. The van der Waals surface area contributed by atoms with Crippen LogP contribution in [0.3, 0.4) is 0 Å². The van der Waals surface area contributed by atoms with Gasteiger partial charge in [0.05, 0.1) is 4.92 Å². The number of halogens is 1. The Morgan fingerprint density at radius 2 is 2.26 bits per heavy atom. The van der Waals surface area contributed by atoms with Crippen LogP contribution in [0, 0.1) is 10.1 Å². The number of nitrogens with one attached hydrogen (secondary N) is 1. The number of amides is 1. The second-order valence-corrected chi connectivity index (χ2v) is 4.47. The minimum absolute atomic E-state index is 0.0219. The maximum Gasteiger partial charge on any atom is 0.312 e. The molecule has 0 saturated carbocycles. The zero-order valence-electron chi connectivity index (χ0n) is 10.7. The van der Waals surface area contributed by atoms with E-state index in [9.17, 15) is 14.9 Å². The third kappa shape index (κ3) is 4.75. The maximum atomic E-state index is 11.5. The number of nitro groups is 1. The van der Waals surface area contributed by atoms with Crippen molar-refractivity contribution >= 4 is 23.2 Å². The van der Waals surface area contributed by atoms with Gasteiger partial charge in [0.2, 0.25) is 0 Å². The Kier molecular flexibility index (Phi) is 5.57. The molecule has 7 heteroatoms. The summed E-state index contributed by atoms with van der Waals surface area (Å²) in [5.41, 5.74) is -0.260. The average Bonchev–Trinajstić information content (AvgIpc) is 2.36. The molecule has 19 heavy (non-hydrogen) atoms. The lowest BCUT2D eigenvalue weighted by Gasteiger charge is -2.12. The molecule has 1 aromatic rings. The van der Waals surface area contributed by atoms with Gasteiger partial charge in [0.25, 0.3) is 5.91 Å². The summed E-state index contributed by atoms with van der Waals surface area (Å²) in [5, 5.41) is 13.7. The van der Waals surface area contributed by atoms with Crippen molar-refractivity contribution in [2.45, 2.75) is 26.3 Å². The van der Waals surface area contributed by atoms with Gasteiger partial charge in [-0.25, -0.2) is 0 Å². The molecule has 0 unspecified atom stereocenters. The number of benzene rings is 1. The van der Waals surface area contributed by atoms with E-state index in [2.05, 4.69) is 5.32 Å². The fraction of sp³-hybridized carbons (Fsp3) is 0.417. The summed E-state index contributed by atoms with van der Waals surface area (Å²) in [4.78, 5) is 21.7. The molecule has 0 aliphatic heterocycles. The van der Waals surface area contributed by atoms with Crippen LogP contribution in [-0.4, -0.2) is 23.5 Å². The number of nitro benzene ring substituents is 1. The Hall–Kier alpha value is -1.82. The molecule has 0 aliphatic rings. The number of carbonyl (C=O) groups excluding carboxylic acids is 1. The molecule has 0 radical (unpaired) electrons. The molecule has 0 aromatic heterocycles. The van der Waals surface area contributed by atoms with Crippen molar-refractivity contribution in [3.05, 3.63) is 33.3 Å². The number of hydrogen-bond donors (Lipinski definition) is 1. The number of rotatable bonds is 6. The lowest BCUT2D eigenvalue weighted by molar-refractivity contribution is -0.385. The van der Waals surface area contributed by atoms with Crippen LogP contribution in [0.25, 0.3) is 0 Å². The third-order valence-electron chi connectivity index (χ3n) is 2.50. The zero-order chi connectivity index (χ0) is 14.4. The summed E-state index contributed by atoms with van der Waals surface area (Å²) in [6, 6.07) is 4.06. The highest BCUT2D eigenvalue weighted by atomic mass is 35.5. The zero-order valence-corrected chi connectivity index (χ0v) is 11.4. The number of ether oxygens (including phenoxy) is 1. The van der Waals surface area contributed by atoms with Crippen molar-refractivity contribution in [3.63, 3.8) is 0 Å². The van der Waals surface area contributed by atoms with Gasteiger partial charge in [-0.1, -0.05) is 18.5 Å². The van der Waals surface area contributed by atoms with E-state index in [0.717, 1.165) is 6.42 Å². The molecule has 0 saturated heterocycles. The predicted molar refractivity (Wildman–Crippen MR) is 71.5 cm³/mol. The standard InChI is InChI=1S/C12H15ClN2O4/c1-3-8(2)14-12(16)7-19-11-5-4-9(13)6-10(11)15(17)18/h4-6,8H,3,7H2,1-2H3,(H,14,16)/t8-/m0/s1. The van der Waals surface area contributed by atoms with Crippen LogP contribution in [0.5, 0.6) is 5.75 Å². The Labute approximate surface area is 115 Å². The van der Waals surface area contributed by atoms with E-state index in [-0.39, 0.29) is 35.0 Å². The normalized spacial score (nSPS) is 11.7. The molecule has 1 aromatic carbocycles. The van der Waals surface area contributed by atoms with Crippen LogP contribution in [-0.2, 0) is 4.79 Å². The van der Waals surface area contributed by atoms with E-state index >= 15 is 0 Å². The highest BCUT2D eigenvalue weighted by molar-refractivity contribution is 6.30. The summed E-state index contributed by atoms with van der Waals surface area (Å²) in [6.07, 6.45) is 0.798. The summed E-state index contributed by atoms with van der Waals surface area (Å²) in [5.74, 6) is -0.299. The number of hydrogen-bond acceptors (Lipinski definition) is 4. The first-order valence-electron chi connectivity index (χ1n) is 5.80. The van der Waals surface area contributed by atoms with E-state index in [1.54, 1.807) is 0 Å².